The van der Waals surface area contributed by atoms with Gasteiger partial charge in [0.25, 0.3) is 0 Å². The fraction of sp³-hybridized carbons (Fsp3) is 0.650. The van der Waals surface area contributed by atoms with Crippen LogP contribution < -0.4 is 10.5 Å². The van der Waals surface area contributed by atoms with Gasteiger partial charge in [-0.25, -0.2) is 0 Å². The van der Waals surface area contributed by atoms with E-state index in [1.54, 1.807) is 0 Å². The SMILES string of the molecule is C[C@@H]1OC(=O)[C@@H](N)CCC[C@H](OC2CCCC2)[C@H]1Oc1ccccc1. The molecule has 0 unspecified atom stereocenters. The second kappa shape index (κ2) is 8.68. The maximum absolute atomic E-state index is 12.1. The fourth-order valence-corrected chi connectivity index (χ4v) is 3.71. The van der Waals surface area contributed by atoms with E-state index in [1.807, 2.05) is 37.3 Å². The Labute approximate surface area is 149 Å². The van der Waals surface area contributed by atoms with Crippen molar-refractivity contribution < 1.29 is 19.0 Å². The number of hydrogen-bond donors (Lipinski definition) is 1. The minimum absolute atomic E-state index is 0.101. The molecule has 1 aromatic rings. The molecule has 4 atom stereocenters. The van der Waals surface area contributed by atoms with E-state index in [4.69, 9.17) is 19.9 Å². The molecule has 1 saturated heterocycles. The molecule has 0 amide bonds. The Balaban J connectivity index is 1.78. The molecular formula is C20H29NO4. The zero-order valence-corrected chi connectivity index (χ0v) is 14.9. The second-order valence-corrected chi connectivity index (χ2v) is 7.16. The summed E-state index contributed by atoms with van der Waals surface area (Å²) in [5.41, 5.74) is 5.93. The molecule has 2 N–H and O–H groups in total. The molecule has 5 heteroatoms. The van der Waals surface area contributed by atoms with Gasteiger partial charge in [-0.3, -0.25) is 4.79 Å². The summed E-state index contributed by atoms with van der Waals surface area (Å²) < 4.78 is 18.2. The van der Waals surface area contributed by atoms with Gasteiger partial charge in [-0.05, 0) is 51.2 Å². The van der Waals surface area contributed by atoms with E-state index >= 15 is 0 Å². The number of nitrogens with two attached hydrogens (primary N) is 1. The Hall–Kier alpha value is -1.59. The van der Waals surface area contributed by atoms with Gasteiger partial charge in [0, 0.05) is 0 Å². The van der Waals surface area contributed by atoms with Crippen molar-refractivity contribution in [3.8, 4) is 5.75 Å². The van der Waals surface area contributed by atoms with Crippen LogP contribution in [0.5, 0.6) is 5.75 Å². The standard InChI is InChI=1S/C20H29NO4/c1-14-19(25-16-8-3-2-4-9-16)18(24-15-10-5-6-11-15)13-7-12-17(21)20(22)23-14/h2-4,8-9,14-15,17-19H,5-7,10-13,21H2,1H3/t14-,17-,18-,19-/m0/s1. The maximum atomic E-state index is 12.1. The topological polar surface area (TPSA) is 70.8 Å². The third-order valence-corrected chi connectivity index (χ3v) is 5.12. The molecule has 2 fully saturated rings. The van der Waals surface area contributed by atoms with E-state index in [-0.39, 0.29) is 24.3 Å². The van der Waals surface area contributed by atoms with Gasteiger partial charge >= 0.3 is 5.97 Å². The molecule has 25 heavy (non-hydrogen) atoms. The highest BCUT2D eigenvalue weighted by Crippen LogP contribution is 2.28. The van der Waals surface area contributed by atoms with Crippen molar-refractivity contribution in [3.05, 3.63) is 30.3 Å². The van der Waals surface area contributed by atoms with Gasteiger partial charge in [0.2, 0.25) is 0 Å². The van der Waals surface area contributed by atoms with E-state index in [1.165, 1.54) is 12.8 Å². The van der Waals surface area contributed by atoms with Crippen LogP contribution in [-0.4, -0.2) is 36.4 Å². The van der Waals surface area contributed by atoms with Crippen molar-refractivity contribution in [2.75, 3.05) is 0 Å². The molecule has 0 radical (unpaired) electrons. The third-order valence-electron chi connectivity index (χ3n) is 5.12. The summed E-state index contributed by atoms with van der Waals surface area (Å²) in [7, 11) is 0. The number of cyclic esters (lactones) is 1. The Morgan fingerprint density at radius 1 is 1.04 bits per heavy atom. The number of carbonyl (C=O) groups excluding carboxylic acids is 1. The lowest BCUT2D eigenvalue weighted by atomic mass is 10.0. The van der Waals surface area contributed by atoms with Crippen LogP contribution in [0, 0.1) is 0 Å². The maximum Gasteiger partial charge on any atom is 0.323 e. The van der Waals surface area contributed by atoms with Crippen molar-refractivity contribution in [2.24, 2.45) is 5.73 Å². The summed E-state index contributed by atoms with van der Waals surface area (Å²) in [4.78, 5) is 12.1. The molecule has 1 aliphatic carbocycles. The highest BCUT2D eigenvalue weighted by Gasteiger charge is 2.36. The Morgan fingerprint density at radius 2 is 1.76 bits per heavy atom. The largest absolute Gasteiger partial charge is 0.484 e. The minimum Gasteiger partial charge on any atom is -0.484 e. The molecule has 2 aliphatic rings. The van der Waals surface area contributed by atoms with Gasteiger partial charge in [-0.15, -0.1) is 0 Å². The van der Waals surface area contributed by atoms with E-state index in [0.29, 0.717) is 6.42 Å². The first-order valence-corrected chi connectivity index (χ1v) is 9.46. The second-order valence-electron chi connectivity index (χ2n) is 7.16. The predicted molar refractivity (Wildman–Crippen MR) is 95.4 cm³/mol. The van der Waals surface area contributed by atoms with Crippen molar-refractivity contribution in [1.82, 2.24) is 0 Å². The summed E-state index contributed by atoms with van der Waals surface area (Å²) in [5, 5.41) is 0. The van der Waals surface area contributed by atoms with Gasteiger partial charge in [-0.1, -0.05) is 31.0 Å². The zero-order valence-electron chi connectivity index (χ0n) is 14.9. The van der Waals surface area contributed by atoms with Crippen LogP contribution in [0.1, 0.15) is 51.9 Å². The van der Waals surface area contributed by atoms with Crippen molar-refractivity contribution in [3.63, 3.8) is 0 Å². The van der Waals surface area contributed by atoms with E-state index in [2.05, 4.69) is 0 Å². The van der Waals surface area contributed by atoms with Gasteiger partial charge in [0.1, 0.15) is 17.9 Å². The molecule has 3 rings (SSSR count). The average molecular weight is 347 g/mol. The molecule has 1 heterocycles. The van der Waals surface area contributed by atoms with Crippen molar-refractivity contribution in [1.29, 1.82) is 0 Å². The lowest BCUT2D eigenvalue weighted by Gasteiger charge is -2.33. The number of hydrogen-bond acceptors (Lipinski definition) is 5. The minimum atomic E-state index is -0.565. The lowest BCUT2D eigenvalue weighted by molar-refractivity contribution is -0.160. The van der Waals surface area contributed by atoms with E-state index in [9.17, 15) is 4.79 Å². The van der Waals surface area contributed by atoms with E-state index in [0.717, 1.165) is 31.4 Å². The third kappa shape index (κ3) is 4.95. The first-order valence-electron chi connectivity index (χ1n) is 9.46. The lowest BCUT2D eigenvalue weighted by Crippen LogP contribution is -2.46. The van der Waals surface area contributed by atoms with Gasteiger partial charge < -0.3 is 19.9 Å². The van der Waals surface area contributed by atoms with Gasteiger partial charge in [0.15, 0.2) is 6.10 Å². The molecule has 1 saturated carbocycles. The van der Waals surface area contributed by atoms with Crippen LogP contribution in [0.4, 0.5) is 0 Å². The van der Waals surface area contributed by atoms with Crippen LogP contribution in [0.25, 0.3) is 0 Å². The van der Waals surface area contributed by atoms with Gasteiger partial charge in [-0.2, -0.15) is 0 Å². The van der Waals surface area contributed by atoms with Crippen LogP contribution in [0.2, 0.25) is 0 Å². The average Bonchev–Trinajstić information content (AvgIpc) is 3.12. The molecule has 1 aliphatic heterocycles. The molecule has 0 aromatic heterocycles. The van der Waals surface area contributed by atoms with Crippen LogP contribution in [-0.2, 0) is 14.3 Å². The molecule has 0 bridgehead atoms. The number of carbonyl (C=O) groups is 1. The van der Waals surface area contributed by atoms with Crippen LogP contribution in [0.15, 0.2) is 30.3 Å². The first kappa shape index (κ1) is 18.2. The Morgan fingerprint density at radius 3 is 2.48 bits per heavy atom. The number of esters is 1. The summed E-state index contributed by atoms with van der Waals surface area (Å²) in [6, 6.07) is 9.09. The first-order chi connectivity index (χ1) is 12.1. The van der Waals surface area contributed by atoms with Gasteiger partial charge in [0.05, 0.1) is 12.2 Å². The molecule has 138 valence electrons. The monoisotopic (exact) mass is 347 g/mol. The van der Waals surface area contributed by atoms with Crippen molar-refractivity contribution in [2.45, 2.75) is 82.3 Å². The van der Waals surface area contributed by atoms with Crippen molar-refractivity contribution >= 4 is 5.97 Å². The molecule has 0 spiro atoms. The summed E-state index contributed by atoms with van der Waals surface area (Å²) in [6.45, 7) is 1.87. The molecule has 5 nitrogen and oxygen atoms in total. The number of rotatable bonds is 4. The number of benzene rings is 1. The molecular weight excluding hydrogens is 318 g/mol. The highest BCUT2D eigenvalue weighted by molar-refractivity contribution is 5.75. The Kier molecular flexibility index (Phi) is 6.32. The quantitative estimate of drug-likeness (QED) is 0.847. The highest BCUT2D eigenvalue weighted by atomic mass is 16.6. The molecule has 1 aromatic carbocycles. The number of ether oxygens (including phenoxy) is 3. The number of para-hydroxylation sites is 1. The smallest absolute Gasteiger partial charge is 0.323 e. The van der Waals surface area contributed by atoms with E-state index < -0.39 is 12.1 Å². The fourth-order valence-electron chi connectivity index (χ4n) is 3.71. The van der Waals surface area contributed by atoms with Crippen LogP contribution >= 0.6 is 0 Å². The summed E-state index contributed by atoms with van der Waals surface area (Å²) >= 11 is 0. The predicted octanol–water partition coefficient (Wildman–Crippen LogP) is 3.20. The Bertz CT molecular complexity index is 544. The van der Waals surface area contributed by atoms with Crippen LogP contribution in [0.3, 0.4) is 0 Å². The summed E-state index contributed by atoms with van der Waals surface area (Å²) in [5.74, 6) is 0.412. The zero-order chi connectivity index (χ0) is 17.6. The normalized spacial score (nSPS) is 31.7. The summed E-state index contributed by atoms with van der Waals surface area (Å²) in [6.07, 6.45) is 6.34.